The molecule has 2 N–H and O–H groups in total. The third kappa shape index (κ3) is 5.32. The Balaban J connectivity index is 1.67. The quantitative estimate of drug-likeness (QED) is 0.691. The van der Waals surface area contributed by atoms with Crippen LogP contribution in [0.3, 0.4) is 0 Å². The standard InChI is InChI=1S/C21H29FN4O5S/c1-13(2)30-21(27)25-9-7-15(8-10-25)26-20(23)17(12-24-26)14(3)31-19-6-5-16(11-18(19)22)32(4,28)29/h5-6,11-15H,7-10,23H2,1-4H3. The van der Waals surface area contributed by atoms with Crippen LogP contribution in [0, 0.1) is 5.82 Å². The van der Waals surface area contributed by atoms with Gasteiger partial charge in [-0.1, -0.05) is 0 Å². The Morgan fingerprint density at radius 2 is 1.91 bits per heavy atom. The smallest absolute Gasteiger partial charge is 0.410 e. The van der Waals surface area contributed by atoms with Crippen LogP contribution in [-0.2, 0) is 14.6 Å². The molecule has 2 aromatic rings. The fourth-order valence-corrected chi connectivity index (χ4v) is 4.25. The van der Waals surface area contributed by atoms with Crippen LogP contribution in [0.2, 0.25) is 0 Å². The molecule has 1 aliphatic rings. The molecule has 1 amide bonds. The Hall–Kier alpha value is -2.82. The largest absolute Gasteiger partial charge is 0.483 e. The van der Waals surface area contributed by atoms with E-state index in [-0.39, 0.29) is 28.9 Å². The number of hydrogen-bond acceptors (Lipinski definition) is 7. The zero-order chi connectivity index (χ0) is 23.6. The van der Waals surface area contributed by atoms with Crippen molar-refractivity contribution in [2.24, 2.45) is 0 Å². The second kappa shape index (κ2) is 9.35. The first kappa shape index (κ1) is 23.8. The molecular weight excluding hydrogens is 439 g/mol. The molecule has 9 nitrogen and oxygen atoms in total. The van der Waals surface area contributed by atoms with E-state index in [1.54, 1.807) is 22.7 Å². The van der Waals surface area contributed by atoms with Crippen molar-refractivity contribution in [2.75, 3.05) is 25.1 Å². The van der Waals surface area contributed by atoms with Crippen molar-refractivity contribution in [3.63, 3.8) is 0 Å². The monoisotopic (exact) mass is 468 g/mol. The summed E-state index contributed by atoms with van der Waals surface area (Å²) in [5, 5.41) is 4.39. The number of likely N-dealkylation sites (tertiary alicyclic amines) is 1. The molecule has 1 aromatic heterocycles. The number of nitrogens with two attached hydrogens (primary N) is 1. The van der Waals surface area contributed by atoms with Crippen molar-refractivity contribution < 1.29 is 27.1 Å². The summed E-state index contributed by atoms with van der Waals surface area (Å²) in [6.07, 6.45) is 2.85. The van der Waals surface area contributed by atoms with E-state index in [0.29, 0.717) is 37.3 Å². The molecule has 1 aliphatic heterocycles. The lowest BCUT2D eigenvalue weighted by Crippen LogP contribution is -2.40. The van der Waals surface area contributed by atoms with E-state index in [9.17, 15) is 17.6 Å². The maximum atomic E-state index is 14.4. The maximum absolute atomic E-state index is 14.4. The molecule has 1 atom stereocenters. The lowest BCUT2D eigenvalue weighted by Gasteiger charge is -2.32. The van der Waals surface area contributed by atoms with Crippen LogP contribution in [0.5, 0.6) is 5.75 Å². The number of anilines is 1. The van der Waals surface area contributed by atoms with Crippen molar-refractivity contribution in [2.45, 2.75) is 56.8 Å². The fraction of sp³-hybridized carbons (Fsp3) is 0.524. The lowest BCUT2D eigenvalue weighted by atomic mass is 10.1. The van der Waals surface area contributed by atoms with E-state index in [1.165, 1.54) is 12.1 Å². The summed E-state index contributed by atoms with van der Waals surface area (Å²) < 4.78 is 50.2. The number of amides is 1. The maximum Gasteiger partial charge on any atom is 0.410 e. The van der Waals surface area contributed by atoms with Gasteiger partial charge in [0.05, 0.1) is 28.8 Å². The highest BCUT2D eigenvalue weighted by molar-refractivity contribution is 7.90. The Morgan fingerprint density at radius 1 is 1.25 bits per heavy atom. The van der Waals surface area contributed by atoms with Gasteiger partial charge in [-0.15, -0.1) is 0 Å². The molecule has 11 heteroatoms. The van der Waals surface area contributed by atoms with Gasteiger partial charge in [0.2, 0.25) is 0 Å². The number of aromatic nitrogens is 2. The first-order chi connectivity index (χ1) is 15.0. The predicted octanol–water partition coefficient (Wildman–Crippen LogP) is 3.33. The van der Waals surface area contributed by atoms with E-state index in [4.69, 9.17) is 15.2 Å². The molecule has 176 valence electrons. The van der Waals surface area contributed by atoms with Gasteiger partial charge in [-0.2, -0.15) is 5.10 Å². The number of rotatable bonds is 6. The highest BCUT2D eigenvalue weighted by atomic mass is 32.2. The van der Waals surface area contributed by atoms with E-state index in [1.807, 2.05) is 13.8 Å². The van der Waals surface area contributed by atoms with Crippen LogP contribution in [0.4, 0.5) is 15.0 Å². The van der Waals surface area contributed by atoms with Gasteiger partial charge in [-0.25, -0.2) is 22.3 Å². The highest BCUT2D eigenvalue weighted by Gasteiger charge is 2.28. The summed E-state index contributed by atoms with van der Waals surface area (Å²) in [5.74, 6) is -0.436. The van der Waals surface area contributed by atoms with Gasteiger partial charge in [0.1, 0.15) is 11.9 Å². The molecule has 3 rings (SSSR count). The highest BCUT2D eigenvalue weighted by Crippen LogP contribution is 2.32. The average Bonchev–Trinajstić information content (AvgIpc) is 3.09. The van der Waals surface area contributed by atoms with Crippen molar-refractivity contribution in [3.8, 4) is 5.75 Å². The number of ether oxygens (including phenoxy) is 2. The van der Waals surface area contributed by atoms with Crippen molar-refractivity contribution in [1.29, 1.82) is 0 Å². The Bertz CT molecular complexity index is 1080. The minimum atomic E-state index is -3.52. The average molecular weight is 469 g/mol. The predicted molar refractivity (Wildman–Crippen MR) is 117 cm³/mol. The molecular formula is C21H29FN4O5S. The summed E-state index contributed by atoms with van der Waals surface area (Å²) in [6.45, 7) is 6.41. The lowest BCUT2D eigenvalue weighted by molar-refractivity contribution is 0.0655. The molecule has 0 bridgehead atoms. The third-order valence-electron chi connectivity index (χ3n) is 5.34. The van der Waals surface area contributed by atoms with Crippen LogP contribution in [-0.4, -0.2) is 54.6 Å². The van der Waals surface area contributed by atoms with Gasteiger partial charge in [0, 0.05) is 19.3 Å². The molecule has 2 heterocycles. The van der Waals surface area contributed by atoms with Crippen molar-refractivity contribution >= 4 is 21.7 Å². The van der Waals surface area contributed by atoms with Gasteiger partial charge in [0.25, 0.3) is 0 Å². The number of halogens is 1. The van der Waals surface area contributed by atoms with Gasteiger partial charge < -0.3 is 20.1 Å². The summed E-state index contributed by atoms with van der Waals surface area (Å²) in [4.78, 5) is 13.6. The zero-order valence-corrected chi connectivity index (χ0v) is 19.4. The number of piperidine rings is 1. The minimum Gasteiger partial charge on any atom is -0.483 e. The van der Waals surface area contributed by atoms with E-state index in [0.717, 1.165) is 12.3 Å². The molecule has 32 heavy (non-hydrogen) atoms. The molecule has 1 unspecified atom stereocenters. The van der Waals surface area contributed by atoms with E-state index < -0.39 is 21.8 Å². The third-order valence-corrected chi connectivity index (χ3v) is 6.45. The zero-order valence-electron chi connectivity index (χ0n) is 18.6. The van der Waals surface area contributed by atoms with Crippen LogP contribution >= 0.6 is 0 Å². The fourth-order valence-electron chi connectivity index (χ4n) is 3.62. The summed E-state index contributed by atoms with van der Waals surface area (Å²) in [7, 11) is -3.52. The van der Waals surface area contributed by atoms with Gasteiger partial charge in [-0.3, -0.25) is 0 Å². The second-order valence-corrected chi connectivity index (χ2v) is 10.2. The van der Waals surface area contributed by atoms with E-state index in [2.05, 4.69) is 5.10 Å². The van der Waals surface area contributed by atoms with Crippen LogP contribution in [0.1, 0.15) is 51.3 Å². The van der Waals surface area contributed by atoms with Crippen LogP contribution in [0.25, 0.3) is 0 Å². The van der Waals surface area contributed by atoms with Crippen LogP contribution in [0.15, 0.2) is 29.3 Å². The normalized spacial score (nSPS) is 16.2. The number of benzene rings is 1. The molecule has 0 spiro atoms. The SMILES string of the molecule is CC(C)OC(=O)N1CCC(n2ncc(C(C)Oc3ccc(S(C)(=O)=O)cc3F)c2N)CC1. The molecule has 1 saturated heterocycles. The minimum absolute atomic E-state index is 0.0184. The molecule has 0 radical (unpaired) electrons. The van der Waals surface area contributed by atoms with Gasteiger partial charge >= 0.3 is 6.09 Å². The number of nitrogens with zero attached hydrogens (tertiary/aromatic N) is 3. The Labute approximate surface area is 187 Å². The van der Waals surface area contributed by atoms with Gasteiger partial charge in [0.15, 0.2) is 21.4 Å². The summed E-state index contributed by atoms with van der Waals surface area (Å²) in [5.41, 5.74) is 6.91. The van der Waals surface area contributed by atoms with Crippen molar-refractivity contribution in [3.05, 3.63) is 35.8 Å². The molecule has 0 aliphatic carbocycles. The van der Waals surface area contributed by atoms with Crippen molar-refractivity contribution in [1.82, 2.24) is 14.7 Å². The van der Waals surface area contributed by atoms with E-state index >= 15 is 0 Å². The first-order valence-corrected chi connectivity index (χ1v) is 12.3. The number of hydrogen-bond donors (Lipinski definition) is 1. The summed E-state index contributed by atoms with van der Waals surface area (Å²) in [6, 6.07) is 3.53. The molecule has 1 aromatic carbocycles. The number of nitrogen functional groups attached to an aromatic ring is 1. The molecule has 0 saturated carbocycles. The topological polar surface area (TPSA) is 117 Å². The number of sulfone groups is 1. The number of carbonyl (C=O) groups is 1. The molecule has 1 fully saturated rings. The van der Waals surface area contributed by atoms with Crippen LogP contribution < -0.4 is 10.5 Å². The first-order valence-electron chi connectivity index (χ1n) is 10.4. The summed E-state index contributed by atoms with van der Waals surface area (Å²) >= 11 is 0. The van der Waals surface area contributed by atoms with Gasteiger partial charge in [-0.05, 0) is 51.8 Å². The second-order valence-electron chi connectivity index (χ2n) is 8.20. The Morgan fingerprint density at radius 3 is 2.47 bits per heavy atom. The number of carbonyl (C=O) groups excluding carboxylic acids is 1. The Kier molecular flexibility index (Phi) is 6.97.